The second-order valence-electron chi connectivity index (χ2n) is 10.9. The van der Waals surface area contributed by atoms with Crippen LogP contribution in [0.1, 0.15) is 48.4 Å². The van der Waals surface area contributed by atoms with Crippen molar-refractivity contribution in [3.8, 4) is 5.75 Å². The Morgan fingerprint density at radius 2 is 1.43 bits per heavy atom. The maximum atomic E-state index is 13.6. The van der Waals surface area contributed by atoms with Gasteiger partial charge in [0.1, 0.15) is 5.75 Å². The highest BCUT2D eigenvalue weighted by Gasteiger charge is 2.34. The summed E-state index contributed by atoms with van der Waals surface area (Å²) in [5, 5.41) is 3.17. The molecule has 9 heteroatoms. The number of ether oxygens (including phenoxy) is 1. The van der Waals surface area contributed by atoms with Crippen LogP contribution in [0, 0.1) is 5.92 Å². The van der Waals surface area contributed by atoms with E-state index in [0.717, 1.165) is 35.2 Å². The summed E-state index contributed by atoms with van der Waals surface area (Å²) in [5.41, 5.74) is 2.95. The van der Waals surface area contributed by atoms with E-state index >= 15 is 0 Å². The molecule has 0 saturated heterocycles. The Labute approximate surface area is 276 Å². The zero-order chi connectivity index (χ0) is 30.0. The minimum Gasteiger partial charge on any atom is -0.493 e. The first-order chi connectivity index (χ1) is 20.2. The Bertz CT molecular complexity index is 1350. The number of alkyl halides is 3. The molecule has 44 heavy (non-hydrogen) atoms. The van der Waals surface area contributed by atoms with Crippen molar-refractivity contribution in [1.82, 2.24) is 4.90 Å². The molecule has 0 unspecified atom stereocenters. The van der Waals surface area contributed by atoms with Crippen molar-refractivity contribution in [2.45, 2.75) is 38.9 Å². The van der Waals surface area contributed by atoms with Crippen molar-refractivity contribution in [3.63, 3.8) is 0 Å². The number of halogens is 6. The van der Waals surface area contributed by atoms with Gasteiger partial charge in [0.15, 0.2) is 0 Å². The molecule has 0 aliphatic heterocycles. The first-order valence-electron chi connectivity index (χ1n) is 14.3. The summed E-state index contributed by atoms with van der Waals surface area (Å²) in [5.74, 6) is 1.34. The molecule has 0 atom stereocenters. The molecule has 0 fully saturated rings. The number of anilines is 1. The highest BCUT2D eigenvalue weighted by atomic mass is 35.5. The summed E-state index contributed by atoms with van der Waals surface area (Å²) in [4.78, 5) is 2.18. The Balaban J connectivity index is 0.00000337. The summed E-state index contributed by atoms with van der Waals surface area (Å²) < 4.78 is 47.0. The van der Waals surface area contributed by atoms with Crippen molar-refractivity contribution < 1.29 is 17.9 Å². The molecular weight excluding hydrogens is 628 g/mol. The summed E-state index contributed by atoms with van der Waals surface area (Å²) in [6.45, 7) is 7.18. The van der Waals surface area contributed by atoms with Crippen LogP contribution in [0.4, 0.5) is 18.9 Å². The predicted octanol–water partition coefficient (Wildman–Crippen LogP) is 10.4. The highest BCUT2D eigenvalue weighted by molar-refractivity contribution is 6.32. The second-order valence-corrected chi connectivity index (χ2v) is 11.3. The Morgan fingerprint density at radius 3 is 2.02 bits per heavy atom. The molecule has 0 aliphatic rings. The summed E-state index contributed by atoms with van der Waals surface area (Å²) >= 11 is 6.33. The number of hydrogen-bond donors (Lipinski definition) is 1. The van der Waals surface area contributed by atoms with Gasteiger partial charge in [0.2, 0.25) is 0 Å². The van der Waals surface area contributed by atoms with E-state index in [1.807, 2.05) is 60.7 Å². The molecule has 0 amide bonds. The maximum absolute atomic E-state index is 13.6. The first-order valence-corrected chi connectivity index (χ1v) is 14.7. The van der Waals surface area contributed by atoms with Crippen molar-refractivity contribution in [3.05, 3.63) is 130 Å². The average molecular weight is 668 g/mol. The predicted molar refractivity (Wildman–Crippen MR) is 181 cm³/mol. The van der Waals surface area contributed by atoms with Crippen molar-refractivity contribution in [2.24, 2.45) is 5.92 Å². The number of benzene rings is 4. The van der Waals surface area contributed by atoms with Crippen LogP contribution in [0.3, 0.4) is 0 Å². The van der Waals surface area contributed by atoms with Crippen LogP contribution in [-0.4, -0.2) is 31.1 Å². The Hall–Kier alpha value is -2.90. The van der Waals surface area contributed by atoms with Crippen LogP contribution in [0.2, 0.25) is 5.02 Å². The van der Waals surface area contributed by atoms with E-state index < -0.39 is 11.7 Å². The van der Waals surface area contributed by atoms with Crippen LogP contribution < -0.4 is 10.1 Å². The zero-order valence-electron chi connectivity index (χ0n) is 24.9. The summed E-state index contributed by atoms with van der Waals surface area (Å²) in [6, 6.07) is 32.4. The van der Waals surface area contributed by atoms with E-state index in [2.05, 4.69) is 48.3 Å². The van der Waals surface area contributed by atoms with E-state index in [1.54, 1.807) is 6.07 Å². The van der Waals surface area contributed by atoms with E-state index in [9.17, 15) is 13.2 Å². The molecule has 0 radical (unpaired) electrons. The molecule has 4 aromatic rings. The van der Waals surface area contributed by atoms with Gasteiger partial charge in [-0.05, 0) is 47.2 Å². The van der Waals surface area contributed by atoms with Gasteiger partial charge in [0.25, 0.3) is 0 Å². The molecule has 4 aromatic carbocycles. The largest absolute Gasteiger partial charge is 0.493 e. The van der Waals surface area contributed by atoms with Crippen LogP contribution in [0.5, 0.6) is 5.75 Å². The van der Waals surface area contributed by atoms with E-state index in [1.165, 1.54) is 6.07 Å². The normalized spacial score (nSPS) is 11.3. The Kier molecular flexibility index (Phi) is 15.4. The van der Waals surface area contributed by atoms with Gasteiger partial charge in [0.05, 0.1) is 17.2 Å². The molecular formula is C35H40Cl3F3N2O. The first kappa shape index (κ1) is 37.3. The fourth-order valence-electron chi connectivity index (χ4n) is 4.92. The van der Waals surface area contributed by atoms with Crippen LogP contribution >= 0.6 is 36.4 Å². The number of nitrogens with zero attached hydrogens (tertiary/aromatic N) is 1. The van der Waals surface area contributed by atoms with Gasteiger partial charge in [-0.2, -0.15) is 13.2 Å². The fourth-order valence-corrected chi connectivity index (χ4v) is 5.22. The van der Waals surface area contributed by atoms with Crippen molar-refractivity contribution >= 4 is 42.1 Å². The Morgan fingerprint density at radius 1 is 0.818 bits per heavy atom. The second kappa shape index (κ2) is 18.2. The van der Waals surface area contributed by atoms with Crippen LogP contribution in [-0.2, 0) is 12.7 Å². The van der Waals surface area contributed by atoms with Gasteiger partial charge in [-0.15, -0.1) is 24.8 Å². The molecule has 0 bridgehead atoms. The third kappa shape index (κ3) is 11.2. The molecule has 4 rings (SSSR count). The van der Waals surface area contributed by atoms with Crippen molar-refractivity contribution in [1.29, 1.82) is 0 Å². The van der Waals surface area contributed by atoms with Crippen LogP contribution in [0.15, 0.2) is 103 Å². The molecule has 0 heterocycles. The number of hydrogen-bond acceptors (Lipinski definition) is 3. The lowest BCUT2D eigenvalue weighted by atomic mass is 9.90. The molecule has 1 N–H and O–H groups in total. The quantitative estimate of drug-likeness (QED) is 0.136. The average Bonchev–Trinajstić information content (AvgIpc) is 2.98. The topological polar surface area (TPSA) is 24.5 Å². The molecule has 0 aliphatic carbocycles. The van der Waals surface area contributed by atoms with E-state index in [4.69, 9.17) is 16.3 Å². The molecule has 0 spiro atoms. The SMILES string of the molecule is CC(C)CNc1cccc(OCCCN(Cc2cccc(C(F)(F)F)c2Cl)CC(c2ccccc2)c2ccccc2)c1.Cl.Cl. The lowest BCUT2D eigenvalue weighted by Gasteiger charge is -2.29. The van der Waals surface area contributed by atoms with Gasteiger partial charge >= 0.3 is 6.18 Å². The van der Waals surface area contributed by atoms with E-state index in [0.29, 0.717) is 37.6 Å². The molecule has 238 valence electrons. The smallest absolute Gasteiger partial charge is 0.417 e. The fraction of sp³-hybridized carbons (Fsp3) is 0.314. The van der Waals surface area contributed by atoms with E-state index in [-0.39, 0.29) is 42.3 Å². The van der Waals surface area contributed by atoms with Gasteiger partial charge in [-0.3, -0.25) is 4.90 Å². The van der Waals surface area contributed by atoms with Gasteiger partial charge in [-0.25, -0.2) is 0 Å². The minimum absolute atomic E-state index is 0. The van der Waals surface area contributed by atoms with Crippen LogP contribution in [0.25, 0.3) is 0 Å². The summed E-state index contributed by atoms with van der Waals surface area (Å²) in [7, 11) is 0. The van der Waals surface area contributed by atoms with Crippen molar-refractivity contribution in [2.75, 3.05) is 31.6 Å². The minimum atomic E-state index is -4.51. The van der Waals surface area contributed by atoms with Gasteiger partial charge in [-0.1, -0.05) is 104 Å². The monoisotopic (exact) mass is 666 g/mol. The van der Waals surface area contributed by atoms with Gasteiger partial charge in [0, 0.05) is 43.9 Å². The zero-order valence-corrected chi connectivity index (χ0v) is 27.3. The molecule has 0 aromatic heterocycles. The maximum Gasteiger partial charge on any atom is 0.417 e. The lowest BCUT2D eigenvalue weighted by molar-refractivity contribution is -0.137. The highest BCUT2D eigenvalue weighted by Crippen LogP contribution is 2.37. The third-order valence-electron chi connectivity index (χ3n) is 7.06. The standard InChI is InChI=1S/C35H38ClF3N2O.2ClH/c1-26(2)23-40-30-17-10-18-31(22-30)42-21-11-20-41(24-29-16-9-19-33(34(29)36)35(37,38)39)25-32(27-12-5-3-6-13-27)28-14-7-4-8-15-28;;/h3-10,12-19,22,26,32,40H,11,20-21,23-25H2,1-2H3;2*1H. The molecule has 3 nitrogen and oxygen atoms in total. The number of nitrogens with one attached hydrogen (secondary N) is 1. The lowest BCUT2D eigenvalue weighted by Crippen LogP contribution is -2.31. The summed E-state index contributed by atoms with van der Waals surface area (Å²) in [6.07, 6.45) is -3.82. The molecule has 0 saturated carbocycles. The van der Waals surface area contributed by atoms with Gasteiger partial charge < -0.3 is 10.1 Å². The third-order valence-corrected chi connectivity index (χ3v) is 7.50. The number of rotatable bonds is 14.